The Balaban J connectivity index is 0.000000459. The van der Waals surface area contributed by atoms with E-state index in [4.69, 9.17) is 20.2 Å². The van der Waals surface area contributed by atoms with E-state index in [0.29, 0.717) is 5.06 Å². The van der Waals surface area contributed by atoms with Gasteiger partial charge in [0.25, 0.3) is 11.8 Å². The van der Waals surface area contributed by atoms with Gasteiger partial charge in [0.15, 0.2) is 0 Å². The first-order chi connectivity index (χ1) is 18.5. The highest BCUT2D eigenvalue weighted by atomic mass is 16.7. The number of ether oxygens (including phenoxy) is 2. The third-order valence-corrected chi connectivity index (χ3v) is 4.29. The Morgan fingerprint density at radius 1 is 0.825 bits per heavy atom. The van der Waals surface area contributed by atoms with Crippen LogP contribution in [-0.4, -0.2) is 72.0 Å². The average Bonchev–Trinajstić information content (AvgIpc) is 3.04. The summed E-state index contributed by atoms with van der Waals surface area (Å²) in [6, 6.07) is 5.77. The quantitative estimate of drug-likeness (QED) is 0.203. The minimum absolute atomic E-state index is 0.0115. The number of carbonyl (C=O) groups excluding carboxylic acids is 6. The number of hydrogen-bond acceptors (Lipinski definition) is 11. The molecule has 0 spiro atoms. The molecule has 5 N–H and O–H groups in total. The van der Waals surface area contributed by atoms with Crippen LogP contribution in [0.4, 0.5) is 14.4 Å². The third kappa shape index (κ3) is 13.1. The topological polar surface area (TPSA) is 205 Å². The highest BCUT2D eigenvalue weighted by Crippen LogP contribution is 2.22. The van der Waals surface area contributed by atoms with Crippen molar-refractivity contribution in [2.24, 2.45) is 5.90 Å². The van der Waals surface area contributed by atoms with Crippen LogP contribution in [0.15, 0.2) is 24.3 Å². The summed E-state index contributed by atoms with van der Waals surface area (Å²) in [5, 5.41) is 7.12. The number of urea groups is 1. The van der Waals surface area contributed by atoms with Gasteiger partial charge in [-0.15, -0.1) is 5.06 Å². The molecule has 222 valence electrons. The van der Waals surface area contributed by atoms with Crippen LogP contribution in [0.3, 0.4) is 0 Å². The zero-order valence-corrected chi connectivity index (χ0v) is 23.5. The molecule has 1 heterocycles. The van der Waals surface area contributed by atoms with Gasteiger partial charge in [0.2, 0.25) is 5.91 Å². The summed E-state index contributed by atoms with van der Waals surface area (Å²) < 4.78 is 9.81. The number of rotatable bonds is 8. The monoisotopic (exact) mass is 567 g/mol. The normalized spacial score (nSPS) is 12.5. The minimum Gasteiger partial charge on any atom is -0.444 e. The molecule has 0 aromatic heterocycles. The molecule has 1 aliphatic rings. The number of nitrogens with one attached hydrogen (secondary N) is 3. The fraction of sp³-hybridized carbons (Fsp3) is 0.520. The van der Waals surface area contributed by atoms with Gasteiger partial charge in [-0.05, 0) is 60.1 Å². The number of amides is 7. The molecule has 15 heteroatoms. The molecule has 1 aromatic rings. The van der Waals surface area contributed by atoms with Crippen LogP contribution >= 0.6 is 0 Å². The van der Waals surface area contributed by atoms with Crippen molar-refractivity contribution in [2.45, 2.75) is 65.6 Å². The van der Waals surface area contributed by atoms with Crippen molar-refractivity contribution in [3.8, 4) is 0 Å². The Hall–Kier alpha value is -4.08. The summed E-state index contributed by atoms with van der Waals surface area (Å²) in [6.45, 7) is 10.5. The van der Waals surface area contributed by atoms with Gasteiger partial charge < -0.3 is 19.6 Å². The first-order valence-corrected chi connectivity index (χ1v) is 12.3. The average molecular weight is 568 g/mol. The molecule has 0 saturated heterocycles. The van der Waals surface area contributed by atoms with Crippen LogP contribution in [0.1, 0.15) is 75.1 Å². The highest BCUT2D eigenvalue weighted by molar-refractivity contribution is 6.20. The van der Waals surface area contributed by atoms with Crippen LogP contribution in [0.25, 0.3) is 0 Å². The zero-order valence-electron chi connectivity index (χ0n) is 23.5. The van der Waals surface area contributed by atoms with Crippen molar-refractivity contribution in [1.82, 2.24) is 21.0 Å². The number of carbonyl (C=O) groups is 6. The predicted molar refractivity (Wildman–Crippen MR) is 139 cm³/mol. The molecule has 7 amide bonds. The van der Waals surface area contributed by atoms with Crippen LogP contribution in [0.2, 0.25) is 0 Å². The maximum Gasteiger partial charge on any atom is 0.415 e. The molecule has 0 fully saturated rings. The molecule has 0 unspecified atom stereocenters. The number of hydrogen-bond donors (Lipinski definition) is 4. The lowest BCUT2D eigenvalue weighted by Gasteiger charge is -2.19. The molecular weight excluding hydrogens is 530 g/mol. The van der Waals surface area contributed by atoms with E-state index in [1.807, 2.05) is 5.32 Å². The number of imide groups is 3. The summed E-state index contributed by atoms with van der Waals surface area (Å²) in [4.78, 5) is 78.6. The molecule has 0 radical (unpaired) electrons. The third-order valence-electron chi connectivity index (χ3n) is 4.29. The first-order valence-electron chi connectivity index (χ1n) is 12.3. The summed E-state index contributed by atoms with van der Waals surface area (Å²) in [5.41, 5.74) is -0.755. The molecule has 2 rings (SSSR count). The van der Waals surface area contributed by atoms with Crippen LogP contribution < -0.4 is 21.8 Å². The van der Waals surface area contributed by atoms with Crippen LogP contribution in [0, 0.1) is 0 Å². The Labute approximate surface area is 231 Å². The number of nitrogens with zero attached hydrogens (tertiary/aromatic N) is 1. The second-order valence-electron chi connectivity index (χ2n) is 10.2. The summed E-state index contributed by atoms with van der Waals surface area (Å²) in [6.07, 6.45) is -1.41. The Bertz CT molecular complexity index is 1040. The molecular formula is C25H37N5O10. The molecule has 1 aliphatic heterocycles. The van der Waals surface area contributed by atoms with E-state index in [1.54, 1.807) is 65.8 Å². The molecule has 0 bridgehead atoms. The molecule has 1 aromatic carbocycles. The van der Waals surface area contributed by atoms with Gasteiger partial charge in [-0.3, -0.25) is 24.5 Å². The van der Waals surface area contributed by atoms with Crippen LogP contribution in [-0.2, 0) is 23.9 Å². The Morgan fingerprint density at radius 3 is 1.80 bits per heavy atom. The molecule has 15 nitrogen and oxygen atoms in total. The zero-order chi connectivity index (χ0) is 30.5. The Kier molecular flexibility index (Phi) is 13.2. The van der Waals surface area contributed by atoms with Crippen molar-refractivity contribution in [2.75, 3.05) is 19.8 Å². The summed E-state index contributed by atoms with van der Waals surface area (Å²) >= 11 is 0. The van der Waals surface area contributed by atoms with Crippen molar-refractivity contribution >= 4 is 35.9 Å². The lowest BCUT2D eigenvalue weighted by atomic mass is 10.1. The number of hydroxylamine groups is 2. The minimum atomic E-state index is -0.821. The fourth-order valence-electron chi connectivity index (χ4n) is 2.82. The van der Waals surface area contributed by atoms with Gasteiger partial charge in [0.05, 0.1) is 24.3 Å². The van der Waals surface area contributed by atoms with Crippen molar-refractivity contribution < 1.29 is 47.9 Å². The summed E-state index contributed by atoms with van der Waals surface area (Å²) in [7, 11) is 0. The van der Waals surface area contributed by atoms with Gasteiger partial charge in [0, 0.05) is 13.0 Å². The Morgan fingerprint density at radius 2 is 1.32 bits per heavy atom. The lowest BCUT2D eigenvalue weighted by molar-refractivity contribution is -0.122. The van der Waals surface area contributed by atoms with Gasteiger partial charge in [-0.2, -0.15) is 0 Å². The largest absolute Gasteiger partial charge is 0.444 e. The van der Waals surface area contributed by atoms with Gasteiger partial charge >= 0.3 is 18.2 Å². The number of fused-ring (bicyclic) bond motifs is 1. The SMILES string of the molecule is CC(C)(C)OC(=O)NC(=O)CCCON1C(=O)c2ccccc2C1=O.CC(C)(C)OC(=O)NC(=O)NCCON. The van der Waals surface area contributed by atoms with Gasteiger partial charge in [-0.1, -0.05) is 12.1 Å². The van der Waals surface area contributed by atoms with Crippen molar-refractivity contribution in [1.29, 1.82) is 0 Å². The first kappa shape index (κ1) is 33.9. The number of benzene rings is 1. The van der Waals surface area contributed by atoms with Crippen molar-refractivity contribution in [3.05, 3.63) is 35.4 Å². The standard InChI is InChI=1S/C17H20N2O6.C8H17N3O4/c1-17(2,3)25-16(23)18-13(20)9-6-10-24-19-14(21)11-7-4-5-8-12(11)15(19)22;1-8(2,3)15-7(13)11-6(12)10-4-5-14-9/h4-5,7-8H,6,9-10H2,1-3H3,(H,18,20,23);4-5,9H2,1-3H3,(H2,10,11,12,13). The van der Waals surface area contributed by atoms with E-state index in [9.17, 15) is 28.8 Å². The van der Waals surface area contributed by atoms with Gasteiger partial charge in [0.1, 0.15) is 11.2 Å². The van der Waals surface area contributed by atoms with E-state index >= 15 is 0 Å². The maximum atomic E-state index is 12.1. The molecule has 40 heavy (non-hydrogen) atoms. The number of nitrogens with two attached hydrogens (primary N) is 1. The highest BCUT2D eigenvalue weighted by Gasteiger charge is 2.36. The molecule has 0 aliphatic carbocycles. The lowest BCUT2D eigenvalue weighted by Crippen LogP contribution is -2.43. The van der Waals surface area contributed by atoms with E-state index in [2.05, 4.69) is 15.5 Å². The van der Waals surface area contributed by atoms with E-state index in [-0.39, 0.29) is 43.7 Å². The predicted octanol–water partition coefficient (Wildman–Crippen LogP) is 2.16. The maximum absolute atomic E-state index is 12.1. The second kappa shape index (κ2) is 15.5. The van der Waals surface area contributed by atoms with E-state index in [1.165, 1.54) is 0 Å². The van der Waals surface area contributed by atoms with Crippen LogP contribution in [0.5, 0.6) is 0 Å². The molecule has 0 atom stereocenters. The van der Waals surface area contributed by atoms with E-state index < -0.39 is 47.1 Å². The summed E-state index contributed by atoms with van der Waals surface area (Å²) in [5.74, 6) is 3.15. The van der Waals surface area contributed by atoms with Gasteiger partial charge in [-0.25, -0.2) is 25.6 Å². The smallest absolute Gasteiger partial charge is 0.415 e. The second-order valence-corrected chi connectivity index (χ2v) is 10.2. The molecule has 0 saturated carbocycles. The number of alkyl carbamates (subject to hydrolysis) is 2. The van der Waals surface area contributed by atoms with Crippen molar-refractivity contribution in [3.63, 3.8) is 0 Å². The fourth-order valence-corrected chi connectivity index (χ4v) is 2.82. The van der Waals surface area contributed by atoms with E-state index in [0.717, 1.165) is 0 Å².